The molecule has 2 heterocycles. The van der Waals surface area contributed by atoms with Crippen LogP contribution in [0, 0.1) is 11.7 Å². The van der Waals surface area contributed by atoms with Gasteiger partial charge in [-0.05, 0) is 37.1 Å². The number of hydrogen-bond donors (Lipinski definition) is 1. The molecule has 0 radical (unpaired) electrons. The molecule has 1 aliphatic heterocycles. The number of anilines is 1. The molecule has 0 unspecified atom stereocenters. The fourth-order valence-corrected chi connectivity index (χ4v) is 4.94. The summed E-state index contributed by atoms with van der Waals surface area (Å²) in [5.41, 5.74) is 0.572. The maximum Gasteiger partial charge on any atom is 0.227 e. The Morgan fingerprint density at radius 1 is 1.26 bits per heavy atom. The number of amides is 1. The van der Waals surface area contributed by atoms with Gasteiger partial charge in [-0.2, -0.15) is 0 Å². The highest BCUT2D eigenvalue weighted by atomic mass is 35.5. The average molecular weight is 412 g/mol. The molecular weight excluding hydrogens is 393 g/mol. The lowest BCUT2D eigenvalue weighted by molar-refractivity contribution is -0.120. The number of aromatic nitrogens is 1. The van der Waals surface area contributed by atoms with Crippen molar-refractivity contribution in [3.63, 3.8) is 0 Å². The van der Waals surface area contributed by atoms with E-state index in [4.69, 9.17) is 11.6 Å². The minimum atomic E-state index is -3.72. The monoisotopic (exact) mass is 411 g/mol. The SMILES string of the molecule is O=C(Nc1cccnc1)C1CCN(S(=O)(=O)Cc2c(F)cccc2Cl)CC1. The van der Waals surface area contributed by atoms with Crippen molar-refractivity contribution in [2.24, 2.45) is 5.92 Å². The van der Waals surface area contributed by atoms with Gasteiger partial charge in [0.15, 0.2) is 0 Å². The van der Waals surface area contributed by atoms with Crippen molar-refractivity contribution in [2.75, 3.05) is 18.4 Å². The maximum absolute atomic E-state index is 13.9. The molecule has 2 aromatic rings. The van der Waals surface area contributed by atoms with Gasteiger partial charge in [-0.15, -0.1) is 0 Å². The van der Waals surface area contributed by atoms with Crippen LogP contribution in [0.2, 0.25) is 5.02 Å². The number of piperidine rings is 1. The highest BCUT2D eigenvalue weighted by Gasteiger charge is 2.32. The van der Waals surface area contributed by atoms with Crippen LogP contribution in [0.5, 0.6) is 0 Å². The summed E-state index contributed by atoms with van der Waals surface area (Å²) >= 11 is 5.94. The number of rotatable bonds is 5. The highest BCUT2D eigenvalue weighted by Crippen LogP contribution is 2.26. The van der Waals surface area contributed by atoms with Crippen LogP contribution in [0.4, 0.5) is 10.1 Å². The van der Waals surface area contributed by atoms with Crippen LogP contribution in [0.15, 0.2) is 42.7 Å². The number of benzene rings is 1. The number of carbonyl (C=O) groups excluding carboxylic acids is 1. The van der Waals surface area contributed by atoms with Crippen LogP contribution in [0.25, 0.3) is 0 Å². The maximum atomic E-state index is 13.9. The number of nitrogens with zero attached hydrogens (tertiary/aromatic N) is 2. The second-order valence-electron chi connectivity index (χ2n) is 6.36. The van der Waals surface area contributed by atoms with E-state index >= 15 is 0 Å². The second kappa shape index (κ2) is 8.33. The fourth-order valence-electron chi connectivity index (χ4n) is 3.02. The van der Waals surface area contributed by atoms with Crippen molar-refractivity contribution >= 4 is 33.2 Å². The summed E-state index contributed by atoms with van der Waals surface area (Å²) in [7, 11) is -3.72. The van der Waals surface area contributed by atoms with Gasteiger partial charge in [0.05, 0.1) is 17.6 Å². The minimum Gasteiger partial charge on any atom is -0.324 e. The summed E-state index contributed by atoms with van der Waals surface area (Å²) in [5, 5.41) is 2.87. The molecule has 3 rings (SSSR count). The third-order valence-corrected chi connectivity index (χ3v) is 6.70. The van der Waals surface area contributed by atoms with Gasteiger partial charge >= 0.3 is 0 Å². The Morgan fingerprint density at radius 3 is 2.63 bits per heavy atom. The largest absolute Gasteiger partial charge is 0.324 e. The van der Waals surface area contributed by atoms with Gasteiger partial charge in [-0.25, -0.2) is 17.1 Å². The molecule has 1 saturated heterocycles. The first-order valence-corrected chi connectivity index (χ1v) is 10.5. The quantitative estimate of drug-likeness (QED) is 0.820. The molecule has 0 saturated carbocycles. The number of halogens is 2. The van der Waals surface area contributed by atoms with Crippen LogP contribution in [0.3, 0.4) is 0 Å². The van der Waals surface area contributed by atoms with Gasteiger partial charge in [0, 0.05) is 35.8 Å². The molecule has 1 amide bonds. The molecule has 0 bridgehead atoms. The number of nitrogens with one attached hydrogen (secondary N) is 1. The van der Waals surface area contributed by atoms with Gasteiger partial charge in [0.25, 0.3) is 0 Å². The standard InChI is InChI=1S/C18H19ClFN3O3S/c19-16-4-1-5-17(20)15(16)12-27(25,26)23-9-6-13(7-10-23)18(24)22-14-3-2-8-21-11-14/h1-5,8,11,13H,6-7,9-10,12H2,(H,22,24). The Morgan fingerprint density at radius 2 is 2.00 bits per heavy atom. The van der Waals surface area contributed by atoms with Gasteiger partial charge in [0.2, 0.25) is 15.9 Å². The summed E-state index contributed by atoms with van der Waals surface area (Å²) in [6.45, 7) is 0.416. The third-order valence-electron chi connectivity index (χ3n) is 4.54. The number of carbonyl (C=O) groups is 1. The Hall–Kier alpha value is -2.03. The van der Waals surface area contributed by atoms with E-state index < -0.39 is 21.6 Å². The summed E-state index contributed by atoms with van der Waals surface area (Å²) < 4.78 is 40.4. The lowest BCUT2D eigenvalue weighted by atomic mass is 9.97. The Kier molecular flexibility index (Phi) is 6.08. The van der Waals surface area contributed by atoms with E-state index in [2.05, 4.69) is 10.3 Å². The second-order valence-corrected chi connectivity index (χ2v) is 8.74. The van der Waals surface area contributed by atoms with E-state index in [1.54, 1.807) is 24.5 Å². The Bertz CT molecular complexity index is 896. The molecule has 1 aliphatic rings. The predicted molar refractivity (Wildman–Crippen MR) is 101 cm³/mol. The van der Waals surface area contributed by atoms with E-state index in [9.17, 15) is 17.6 Å². The topological polar surface area (TPSA) is 79.4 Å². The molecule has 27 heavy (non-hydrogen) atoms. The molecule has 1 N–H and O–H groups in total. The molecule has 0 aliphatic carbocycles. The molecule has 0 atom stereocenters. The van der Waals surface area contributed by atoms with Crippen molar-refractivity contribution in [3.05, 3.63) is 59.1 Å². The van der Waals surface area contributed by atoms with Crippen molar-refractivity contribution < 1.29 is 17.6 Å². The van der Waals surface area contributed by atoms with Crippen molar-refractivity contribution in [1.82, 2.24) is 9.29 Å². The predicted octanol–water partition coefficient (Wildman–Crippen LogP) is 3.05. The number of sulfonamides is 1. The average Bonchev–Trinajstić information content (AvgIpc) is 2.66. The smallest absolute Gasteiger partial charge is 0.227 e. The molecule has 9 heteroatoms. The Balaban J connectivity index is 1.60. The minimum absolute atomic E-state index is 0.0318. The van der Waals surface area contributed by atoms with E-state index in [0.29, 0.717) is 18.5 Å². The van der Waals surface area contributed by atoms with E-state index in [0.717, 1.165) is 0 Å². The zero-order valence-electron chi connectivity index (χ0n) is 14.4. The van der Waals surface area contributed by atoms with Gasteiger partial charge in [0.1, 0.15) is 5.82 Å². The number of pyridine rings is 1. The molecule has 6 nitrogen and oxygen atoms in total. The van der Waals surface area contributed by atoms with Crippen LogP contribution < -0.4 is 5.32 Å². The lowest BCUT2D eigenvalue weighted by Crippen LogP contribution is -2.42. The molecule has 0 spiro atoms. The molecule has 144 valence electrons. The number of hydrogen-bond acceptors (Lipinski definition) is 4. The summed E-state index contributed by atoms with van der Waals surface area (Å²) in [4.78, 5) is 16.3. The summed E-state index contributed by atoms with van der Waals surface area (Å²) in [6, 6.07) is 7.54. The van der Waals surface area contributed by atoms with Crippen LogP contribution >= 0.6 is 11.6 Å². The van der Waals surface area contributed by atoms with E-state index in [-0.39, 0.29) is 35.5 Å². The van der Waals surface area contributed by atoms with E-state index in [1.807, 2.05) is 0 Å². The summed E-state index contributed by atoms with van der Waals surface area (Å²) in [5.74, 6) is -1.58. The third kappa shape index (κ3) is 4.82. The zero-order valence-corrected chi connectivity index (χ0v) is 16.0. The molecule has 1 fully saturated rings. The van der Waals surface area contributed by atoms with Crippen LogP contribution in [-0.4, -0.2) is 36.7 Å². The first-order chi connectivity index (χ1) is 12.9. The lowest BCUT2D eigenvalue weighted by Gasteiger charge is -2.30. The van der Waals surface area contributed by atoms with Crippen LogP contribution in [-0.2, 0) is 20.6 Å². The molecule has 1 aromatic carbocycles. The fraction of sp³-hybridized carbons (Fsp3) is 0.333. The zero-order chi connectivity index (χ0) is 19.4. The summed E-state index contributed by atoms with van der Waals surface area (Å²) in [6.07, 6.45) is 3.96. The van der Waals surface area contributed by atoms with Gasteiger partial charge in [-0.3, -0.25) is 9.78 Å². The van der Waals surface area contributed by atoms with Gasteiger partial charge < -0.3 is 5.32 Å². The normalized spacial score (nSPS) is 16.2. The van der Waals surface area contributed by atoms with Crippen LogP contribution in [0.1, 0.15) is 18.4 Å². The van der Waals surface area contributed by atoms with Crippen molar-refractivity contribution in [3.8, 4) is 0 Å². The van der Waals surface area contributed by atoms with E-state index in [1.165, 1.54) is 22.5 Å². The highest BCUT2D eigenvalue weighted by molar-refractivity contribution is 7.88. The van der Waals surface area contributed by atoms with Crippen molar-refractivity contribution in [1.29, 1.82) is 0 Å². The first-order valence-electron chi connectivity index (χ1n) is 8.48. The molecular formula is C18H19ClFN3O3S. The first kappa shape index (κ1) is 19.7. The Labute approximate surface area is 162 Å². The van der Waals surface area contributed by atoms with Gasteiger partial charge in [-0.1, -0.05) is 17.7 Å². The van der Waals surface area contributed by atoms with Crippen molar-refractivity contribution in [2.45, 2.75) is 18.6 Å². The molecule has 1 aromatic heterocycles.